The maximum absolute atomic E-state index is 4.00. The molecular formula is C14H20LiN. The van der Waals surface area contributed by atoms with Gasteiger partial charge in [-0.3, -0.25) is 4.90 Å². The molecule has 1 aliphatic heterocycles. The van der Waals surface area contributed by atoms with Crippen molar-refractivity contribution in [1.82, 2.24) is 4.90 Å². The van der Waals surface area contributed by atoms with Gasteiger partial charge in [0.15, 0.2) is 0 Å². The Labute approximate surface area is 111 Å². The largest absolute Gasteiger partial charge is 1.00 e. The monoisotopic (exact) mass is 209 g/mol. The summed E-state index contributed by atoms with van der Waals surface area (Å²) in [5.41, 5.74) is 1.46. The van der Waals surface area contributed by atoms with Crippen molar-refractivity contribution >= 4 is 0 Å². The van der Waals surface area contributed by atoms with E-state index in [-0.39, 0.29) is 18.9 Å². The molecule has 1 heterocycles. The molecule has 2 rings (SSSR count). The Kier molecular flexibility index (Phi) is 6.20. The van der Waals surface area contributed by atoms with Crippen molar-refractivity contribution < 1.29 is 18.9 Å². The van der Waals surface area contributed by atoms with Gasteiger partial charge in [0.25, 0.3) is 0 Å². The minimum atomic E-state index is 0. The van der Waals surface area contributed by atoms with Gasteiger partial charge in [-0.1, -0.05) is 36.8 Å². The molecule has 0 aliphatic carbocycles. The molecule has 1 nitrogen and oxygen atoms in total. The van der Waals surface area contributed by atoms with Crippen molar-refractivity contribution in [2.45, 2.75) is 31.7 Å². The van der Waals surface area contributed by atoms with E-state index in [0.717, 1.165) is 6.42 Å². The fourth-order valence-electron chi connectivity index (χ4n) is 2.48. The van der Waals surface area contributed by atoms with E-state index in [9.17, 15) is 0 Å². The zero-order valence-electron chi connectivity index (χ0n) is 10.4. The first-order valence-electron chi connectivity index (χ1n) is 6.00. The Balaban J connectivity index is 0.00000128. The molecule has 1 aromatic rings. The molecule has 0 amide bonds. The summed E-state index contributed by atoms with van der Waals surface area (Å²) in [5.74, 6) is 0. The minimum absolute atomic E-state index is 0. The smallest absolute Gasteiger partial charge is 0.343 e. The van der Waals surface area contributed by atoms with E-state index in [1.165, 1.54) is 37.9 Å². The van der Waals surface area contributed by atoms with Crippen LogP contribution in [0.1, 0.15) is 37.3 Å². The van der Waals surface area contributed by atoms with Gasteiger partial charge < -0.3 is 6.92 Å². The quantitative estimate of drug-likeness (QED) is 0.514. The Morgan fingerprint density at radius 3 is 2.31 bits per heavy atom. The van der Waals surface area contributed by atoms with E-state index in [2.05, 4.69) is 42.2 Å². The minimum Gasteiger partial charge on any atom is -0.343 e. The third-order valence-corrected chi connectivity index (χ3v) is 3.24. The maximum atomic E-state index is 4.00. The summed E-state index contributed by atoms with van der Waals surface area (Å²) in [4.78, 5) is 2.61. The second-order valence-electron chi connectivity index (χ2n) is 4.31. The Bertz CT molecular complexity index is 280. The van der Waals surface area contributed by atoms with E-state index >= 15 is 0 Å². The molecule has 1 fully saturated rings. The first-order chi connectivity index (χ1) is 7.42. The predicted octanol–water partition coefficient (Wildman–Crippen LogP) is 0.442. The van der Waals surface area contributed by atoms with Crippen molar-refractivity contribution in [2.75, 3.05) is 13.1 Å². The molecule has 0 saturated carbocycles. The SMILES string of the molecule is [CH2-]CCC(c1ccccc1)N1CCCC1.[Li+]. The zero-order valence-corrected chi connectivity index (χ0v) is 10.4. The van der Waals surface area contributed by atoms with E-state index in [0.29, 0.717) is 6.04 Å². The summed E-state index contributed by atoms with van der Waals surface area (Å²) < 4.78 is 0. The van der Waals surface area contributed by atoms with Crippen molar-refractivity contribution in [3.63, 3.8) is 0 Å². The van der Waals surface area contributed by atoms with E-state index < -0.39 is 0 Å². The second-order valence-corrected chi connectivity index (χ2v) is 4.31. The molecule has 1 aromatic carbocycles. The van der Waals surface area contributed by atoms with Gasteiger partial charge in [-0.15, -0.1) is 0 Å². The van der Waals surface area contributed by atoms with Gasteiger partial charge in [-0.2, -0.15) is 6.42 Å². The van der Waals surface area contributed by atoms with Gasteiger partial charge in [-0.25, -0.2) is 0 Å². The van der Waals surface area contributed by atoms with Crippen LogP contribution in [0, 0.1) is 6.92 Å². The average molecular weight is 209 g/mol. The summed E-state index contributed by atoms with van der Waals surface area (Å²) in [6, 6.07) is 11.5. The maximum Gasteiger partial charge on any atom is 1.00 e. The molecule has 1 unspecified atom stereocenters. The Morgan fingerprint density at radius 1 is 1.12 bits per heavy atom. The molecule has 2 heteroatoms. The summed E-state index contributed by atoms with van der Waals surface area (Å²) in [5, 5.41) is 0. The topological polar surface area (TPSA) is 3.24 Å². The molecule has 1 atom stereocenters. The summed E-state index contributed by atoms with van der Waals surface area (Å²) >= 11 is 0. The summed E-state index contributed by atoms with van der Waals surface area (Å²) in [6.07, 6.45) is 4.93. The van der Waals surface area contributed by atoms with Crippen LogP contribution in [0.15, 0.2) is 30.3 Å². The number of rotatable bonds is 4. The second kappa shape index (κ2) is 7.17. The molecule has 0 bridgehead atoms. The van der Waals surface area contributed by atoms with Gasteiger partial charge in [-0.05, 0) is 31.5 Å². The number of likely N-dealkylation sites (tertiary alicyclic amines) is 1. The summed E-state index contributed by atoms with van der Waals surface area (Å²) in [6.45, 7) is 6.52. The van der Waals surface area contributed by atoms with Gasteiger partial charge in [0.1, 0.15) is 0 Å². The standard InChI is InChI=1S/C14H20N.Li/c1-2-8-14(15-11-6-7-12-15)13-9-4-3-5-10-13;/h3-5,9-10,14H,1-2,6-8,11-12H2;/q-1;+1. The van der Waals surface area contributed by atoms with Crippen molar-refractivity contribution in [3.05, 3.63) is 42.8 Å². The van der Waals surface area contributed by atoms with Gasteiger partial charge in [0, 0.05) is 6.04 Å². The van der Waals surface area contributed by atoms with Crippen LogP contribution in [-0.4, -0.2) is 18.0 Å². The first-order valence-corrected chi connectivity index (χ1v) is 6.00. The Morgan fingerprint density at radius 2 is 1.75 bits per heavy atom. The van der Waals surface area contributed by atoms with Crippen molar-refractivity contribution in [2.24, 2.45) is 0 Å². The molecule has 82 valence electrons. The molecule has 0 N–H and O–H groups in total. The fourth-order valence-corrected chi connectivity index (χ4v) is 2.48. The molecular weight excluding hydrogens is 189 g/mol. The molecule has 1 aliphatic rings. The number of benzene rings is 1. The van der Waals surface area contributed by atoms with Crippen LogP contribution >= 0.6 is 0 Å². The molecule has 0 spiro atoms. The molecule has 16 heavy (non-hydrogen) atoms. The van der Waals surface area contributed by atoms with Crippen LogP contribution in [0.25, 0.3) is 0 Å². The number of nitrogens with zero attached hydrogens (tertiary/aromatic N) is 1. The number of hydrogen-bond acceptors (Lipinski definition) is 1. The van der Waals surface area contributed by atoms with Crippen molar-refractivity contribution in [1.29, 1.82) is 0 Å². The van der Waals surface area contributed by atoms with Crippen molar-refractivity contribution in [3.8, 4) is 0 Å². The molecule has 0 aromatic heterocycles. The van der Waals surface area contributed by atoms with E-state index in [4.69, 9.17) is 0 Å². The molecule has 1 saturated heterocycles. The van der Waals surface area contributed by atoms with Crippen LogP contribution in [-0.2, 0) is 0 Å². The Hall–Kier alpha value is -0.223. The van der Waals surface area contributed by atoms with Crippen LogP contribution in [0.3, 0.4) is 0 Å². The fraction of sp³-hybridized carbons (Fsp3) is 0.500. The first kappa shape index (κ1) is 13.8. The summed E-state index contributed by atoms with van der Waals surface area (Å²) in [7, 11) is 0. The zero-order chi connectivity index (χ0) is 10.5. The third kappa shape index (κ3) is 3.39. The van der Waals surface area contributed by atoms with E-state index in [1.54, 1.807) is 0 Å². The van der Waals surface area contributed by atoms with Gasteiger partial charge >= 0.3 is 18.9 Å². The van der Waals surface area contributed by atoms with Crippen LogP contribution in [0.2, 0.25) is 0 Å². The number of hydrogen-bond donors (Lipinski definition) is 0. The van der Waals surface area contributed by atoms with Crippen LogP contribution < -0.4 is 18.9 Å². The predicted molar refractivity (Wildman–Crippen MR) is 64.6 cm³/mol. The molecule has 0 radical (unpaired) electrons. The van der Waals surface area contributed by atoms with Crippen LogP contribution in [0.5, 0.6) is 0 Å². The van der Waals surface area contributed by atoms with Crippen LogP contribution in [0.4, 0.5) is 0 Å². The normalized spacial score (nSPS) is 18.1. The third-order valence-electron chi connectivity index (χ3n) is 3.24. The van der Waals surface area contributed by atoms with Gasteiger partial charge in [0.2, 0.25) is 0 Å². The van der Waals surface area contributed by atoms with E-state index in [1.807, 2.05) is 0 Å². The average Bonchev–Trinajstić information content (AvgIpc) is 2.80. The van der Waals surface area contributed by atoms with Gasteiger partial charge in [0.05, 0.1) is 0 Å².